The van der Waals surface area contributed by atoms with E-state index in [2.05, 4.69) is 4.74 Å². The first-order chi connectivity index (χ1) is 10.1. The van der Waals surface area contributed by atoms with Crippen molar-refractivity contribution in [1.29, 1.82) is 0 Å². The summed E-state index contributed by atoms with van der Waals surface area (Å²) in [5.41, 5.74) is -0.877. The van der Waals surface area contributed by atoms with Gasteiger partial charge in [0, 0.05) is 0 Å². The fourth-order valence-corrected chi connectivity index (χ4v) is 1.73. The summed E-state index contributed by atoms with van der Waals surface area (Å²) in [4.78, 5) is 22.7. The summed E-state index contributed by atoms with van der Waals surface area (Å²) in [6.45, 7) is 3.33. The van der Waals surface area contributed by atoms with E-state index in [4.69, 9.17) is 0 Å². The molecule has 0 saturated carbocycles. The molecule has 0 aromatic carbocycles. The highest BCUT2D eigenvalue weighted by Crippen LogP contribution is 2.38. The highest BCUT2D eigenvalue weighted by Gasteiger charge is 2.67. The maximum Gasteiger partial charge on any atom is 0.445 e. The predicted octanol–water partition coefficient (Wildman–Crippen LogP) is 0.855. The van der Waals surface area contributed by atoms with Gasteiger partial charge >= 0.3 is 17.1 Å². The van der Waals surface area contributed by atoms with Crippen molar-refractivity contribution in [3.63, 3.8) is 0 Å². The molecule has 136 valence electrons. The fraction of sp³-hybridized carbons (Fsp3) is 0.818. The van der Waals surface area contributed by atoms with Crippen molar-refractivity contribution in [3.8, 4) is 0 Å². The standard InChI is InChI=1S/C11H17F4NO6S/c1-4-9(2,3)8(18)22-6-5-16-7(17)10(12,11(13,14)15)23(19,20)21/h4-6H2,1-3H3,(H,16,17)(H,19,20,21)/p-1. The molecule has 1 unspecified atom stereocenters. The molecule has 0 aliphatic rings. The molecule has 0 spiro atoms. The third kappa shape index (κ3) is 4.77. The summed E-state index contributed by atoms with van der Waals surface area (Å²) in [7, 11) is -6.66. The second-order valence-corrected chi connectivity index (χ2v) is 6.65. The zero-order valence-electron chi connectivity index (χ0n) is 12.5. The van der Waals surface area contributed by atoms with Crippen molar-refractivity contribution in [3.05, 3.63) is 0 Å². The van der Waals surface area contributed by atoms with Gasteiger partial charge in [-0.15, -0.1) is 0 Å². The summed E-state index contributed by atoms with van der Waals surface area (Å²) in [6, 6.07) is 0. The van der Waals surface area contributed by atoms with Gasteiger partial charge in [-0.05, 0) is 20.3 Å². The number of halogens is 4. The van der Waals surface area contributed by atoms with Crippen molar-refractivity contribution < 1.29 is 44.9 Å². The average Bonchev–Trinajstić information content (AvgIpc) is 2.39. The van der Waals surface area contributed by atoms with Crippen molar-refractivity contribution in [1.82, 2.24) is 5.32 Å². The lowest BCUT2D eigenvalue weighted by Crippen LogP contribution is -2.59. The van der Waals surface area contributed by atoms with Crippen LogP contribution < -0.4 is 5.32 Å². The van der Waals surface area contributed by atoms with Crippen LogP contribution >= 0.6 is 0 Å². The first-order valence-corrected chi connectivity index (χ1v) is 7.68. The molecular weight excluding hydrogens is 350 g/mol. The van der Waals surface area contributed by atoms with E-state index < -0.39 is 51.7 Å². The summed E-state index contributed by atoms with van der Waals surface area (Å²) in [5, 5.41) is -4.35. The minimum Gasteiger partial charge on any atom is -0.745 e. The Morgan fingerprint density at radius 2 is 1.65 bits per heavy atom. The van der Waals surface area contributed by atoms with Crippen LogP contribution in [0.15, 0.2) is 0 Å². The average molecular weight is 366 g/mol. The Morgan fingerprint density at radius 1 is 1.17 bits per heavy atom. The molecule has 1 N–H and O–H groups in total. The Kier molecular flexibility index (Phi) is 6.56. The van der Waals surface area contributed by atoms with Crippen LogP contribution in [-0.4, -0.2) is 49.2 Å². The maximum absolute atomic E-state index is 13.5. The monoisotopic (exact) mass is 366 g/mol. The minimum absolute atomic E-state index is 0.397. The maximum atomic E-state index is 13.5. The zero-order chi connectivity index (χ0) is 18.7. The van der Waals surface area contributed by atoms with E-state index in [9.17, 15) is 40.1 Å². The molecule has 0 heterocycles. The predicted molar refractivity (Wildman–Crippen MR) is 67.6 cm³/mol. The van der Waals surface area contributed by atoms with Gasteiger partial charge in [0.15, 0.2) is 0 Å². The molecule has 0 aliphatic heterocycles. The van der Waals surface area contributed by atoms with Gasteiger partial charge in [-0.25, -0.2) is 12.8 Å². The molecule has 0 aliphatic carbocycles. The van der Waals surface area contributed by atoms with Crippen molar-refractivity contribution in [2.24, 2.45) is 5.41 Å². The number of carbonyl (C=O) groups is 2. The summed E-state index contributed by atoms with van der Waals surface area (Å²) in [6.07, 6.45) is -5.85. The number of hydrogen-bond donors (Lipinski definition) is 1. The van der Waals surface area contributed by atoms with E-state index >= 15 is 0 Å². The van der Waals surface area contributed by atoms with Crippen LogP contribution in [0.1, 0.15) is 27.2 Å². The summed E-state index contributed by atoms with van der Waals surface area (Å²) in [5.74, 6) is -3.40. The molecule has 0 fully saturated rings. The highest BCUT2D eigenvalue weighted by atomic mass is 32.2. The lowest BCUT2D eigenvalue weighted by molar-refractivity contribution is -0.202. The van der Waals surface area contributed by atoms with E-state index in [0.717, 1.165) is 0 Å². The molecular formula is C11H16F4NO6S-. The van der Waals surface area contributed by atoms with Gasteiger partial charge in [-0.1, -0.05) is 6.92 Å². The molecule has 0 radical (unpaired) electrons. The number of ether oxygens (including phenoxy) is 1. The van der Waals surface area contributed by atoms with E-state index in [-0.39, 0.29) is 0 Å². The summed E-state index contributed by atoms with van der Waals surface area (Å²) < 4.78 is 86.7. The normalized spacial score (nSPS) is 15.7. The van der Waals surface area contributed by atoms with E-state index in [1.54, 1.807) is 6.92 Å². The molecule has 0 aromatic rings. The van der Waals surface area contributed by atoms with E-state index in [1.807, 2.05) is 0 Å². The van der Waals surface area contributed by atoms with Crippen molar-refractivity contribution in [2.45, 2.75) is 38.4 Å². The number of amides is 1. The van der Waals surface area contributed by atoms with Crippen LogP contribution in [-0.2, 0) is 24.4 Å². The Bertz CT molecular complexity index is 559. The second kappa shape index (κ2) is 6.99. The Morgan fingerprint density at radius 3 is 2.00 bits per heavy atom. The largest absolute Gasteiger partial charge is 0.745 e. The second-order valence-electron chi connectivity index (χ2n) is 5.18. The van der Waals surface area contributed by atoms with E-state index in [0.29, 0.717) is 6.42 Å². The molecule has 7 nitrogen and oxygen atoms in total. The van der Waals surface area contributed by atoms with Gasteiger partial charge < -0.3 is 14.6 Å². The number of nitrogens with one attached hydrogen (secondary N) is 1. The zero-order valence-corrected chi connectivity index (χ0v) is 13.3. The van der Waals surface area contributed by atoms with Crippen LogP contribution in [0.2, 0.25) is 0 Å². The quantitative estimate of drug-likeness (QED) is 0.309. The topological polar surface area (TPSA) is 113 Å². The first-order valence-electron chi connectivity index (χ1n) is 6.28. The van der Waals surface area contributed by atoms with Gasteiger partial charge in [-0.3, -0.25) is 9.59 Å². The lowest BCUT2D eigenvalue weighted by atomic mass is 9.91. The van der Waals surface area contributed by atoms with Crippen molar-refractivity contribution in [2.75, 3.05) is 13.2 Å². The number of carbonyl (C=O) groups excluding carboxylic acids is 2. The van der Waals surface area contributed by atoms with E-state index in [1.165, 1.54) is 19.2 Å². The van der Waals surface area contributed by atoms with Gasteiger partial charge in [0.1, 0.15) is 16.7 Å². The molecule has 1 atom stereocenters. The van der Waals surface area contributed by atoms with Crippen LogP contribution in [0.5, 0.6) is 0 Å². The van der Waals surface area contributed by atoms with Crippen LogP contribution in [0.25, 0.3) is 0 Å². The summed E-state index contributed by atoms with van der Waals surface area (Å²) >= 11 is 0. The Hall–Kier alpha value is -1.43. The molecule has 0 aromatic heterocycles. The number of esters is 1. The third-order valence-corrected chi connectivity index (χ3v) is 4.16. The Balaban J connectivity index is 4.81. The molecule has 1 amide bonds. The van der Waals surface area contributed by atoms with Gasteiger partial charge in [-0.2, -0.15) is 13.2 Å². The molecule has 23 heavy (non-hydrogen) atoms. The highest BCUT2D eigenvalue weighted by molar-refractivity contribution is 7.87. The first kappa shape index (κ1) is 21.6. The molecule has 12 heteroatoms. The van der Waals surface area contributed by atoms with Gasteiger partial charge in [0.05, 0.1) is 12.0 Å². The fourth-order valence-electron chi connectivity index (χ4n) is 1.15. The van der Waals surface area contributed by atoms with Gasteiger partial charge in [0.25, 0.3) is 5.91 Å². The van der Waals surface area contributed by atoms with Gasteiger partial charge in [0.2, 0.25) is 0 Å². The number of hydrogen-bond acceptors (Lipinski definition) is 6. The molecule has 0 bridgehead atoms. The van der Waals surface area contributed by atoms with Crippen LogP contribution in [0.3, 0.4) is 0 Å². The number of alkyl halides is 4. The smallest absolute Gasteiger partial charge is 0.445 e. The SMILES string of the molecule is CCC(C)(C)C(=O)OCCNC(=O)C(F)(C(F)(F)F)S(=O)(=O)[O-]. The van der Waals surface area contributed by atoms with Crippen LogP contribution in [0.4, 0.5) is 17.6 Å². The molecule has 0 rings (SSSR count). The van der Waals surface area contributed by atoms with Crippen molar-refractivity contribution >= 4 is 22.0 Å². The minimum atomic E-state index is -6.66. The Labute approximate surface area is 130 Å². The van der Waals surface area contributed by atoms with Crippen LogP contribution in [0, 0.1) is 5.41 Å². The third-order valence-electron chi connectivity index (χ3n) is 3.06. The molecule has 0 saturated heterocycles. The lowest BCUT2D eigenvalue weighted by Gasteiger charge is -2.28. The number of rotatable bonds is 7.